The molecule has 0 saturated heterocycles. The molecule has 0 aliphatic heterocycles. The van der Waals surface area contributed by atoms with Crippen molar-refractivity contribution in [3.63, 3.8) is 0 Å². The van der Waals surface area contributed by atoms with E-state index in [2.05, 4.69) is 30.8 Å². The van der Waals surface area contributed by atoms with Crippen LogP contribution in [0, 0.1) is 5.92 Å². The van der Waals surface area contributed by atoms with Gasteiger partial charge in [0.15, 0.2) is 0 Å². The first-order chi connectivity index (χ1) is 7.00. The molecule has 1 aromatic heterocycles. The number of pyridine rings is 1. The van der Waals surface area contributed by atoms with Crippen molar-refractivity contribution < 1.29 is 5.11 Å². The summed E-state index contributed by atoms with van der Waals surface area (Å²) >= 11 is 0. The van der Waals surface area contributed by atoms with Crippen molar-refractivity contribution in [2.45, 2.75) is 26.9 Å². The number of hydrogen-bond acceptors (Lipinski definition) is 3. The van der Waals surface area contributed by atoms with E-state index in [1.807, 2.05) is 18.3 Å². The van der Waals surface area contributed by atoms with Gasteiger partial charge in [-0.15, -0.1) is 0 Å². The Balaban J connectivity index is 2.71. The van der Waals surface area contributed by atoms with Gasteiger partial charge in [-0.1, -0.05) is 13.8 Å². The van der Waals surface area contributed by atoms with E-state index in [1.165, 1.54) is 0 Å². The van der Waals surface area contributed by atoms with Crippen molar-refractivity contribution in [3.8, 4) is 0 Å². The van der Waals surface area contributed by atoms with Crippen LogP contribution < -0.4 is 4.90 Å². The minimum absolute atomic E-state index is 0.491. The molecular formula is C12H20N2O. The topological polar surface area (TPSA) is 36.4 Å². The first-order valence-electron chi connectivity index (χ1n) is 5.36. The number of aromatic nitrogens is 1. The van der Waals surface area contributed by atoms with Gasteiger partial charge in [-0.3, -0.25) is 4.98 Å². The predicted molar refractivity (Wildman–Crippen MR) is 63.0 cm³/mol. The molecule has 1 aromatic rings. The van der Waals surface area contributed by atoms with Crippen molar-refractivity contribution >= 4 is 5.69 Å². The standard InChI is InChI=1S/C12H20N2O/c1-9(2)8-14(4)11-5-6-12(10(3)15)13-7-11/h5-7,9-10,15H,8H2,1-4H3/t10-/m0/s1. The summed E-state index contributed by atoms with van der Waals surface area (Å²) in [5.74, 6) is 0.631. The predicted octanol–water partition coefficient (Wildman–Crippen LogP) is 2.23. The highest BCUT2D eigenvalue weighted by atomic mass is 16.3. The zero-order valence-electron chi connectivity index (χ0n) is 9.94. The molecule has 0 bridgehead atoms. The Morgan fingerprint density at radius 3 is 2.40 bits per heavy atom. The van der Waals surface area contributed by atoms with Crippen LogP contribution in [0.2, 0.25) is 0 Å². The highest BCUT2D eigenvalue weighted by Gasteiger charge is 2.05. The van der Waals surface area contributed by atoms with Crippen LogP contribution in [0.15, 0.2) is 18.3 Å². The van der Waals surface area contributed by atoms with Crippen LogP contribution in [0.5, 0.6) is 0 Å². The lowest BCUT2D eigenvalue weighted by atomic mass is 10.2. The quantitative estimate of drug-likeness (QED) is 0.824. The molecule has 3 heteroatoms. The van der Waals surface area contributed by atoms with Crippen molar-refractivity contribution in [2.75, 3.05) is 18.5 Å². The third kappa shape index (κ3) is 3.51. The summed E-state index contributed by atoms with van der Waals surface area (Å²) in [6, 6.07) is 3.87. The number of anilines is 1. The van der Waals surface area contributed by atoms with Crippen LogP contribution in [-0.2, 0) is 0 Å². The van der Waals surface area contributed by atoms with Gasteiger partial charge in [0.2, 0.25) is 0 Å². The molecule has 0 saturated carbocycles. The second-order valence-electron chi connectivity index (χ2n) is 4.39. The molecule has 0 spiro atoms. The molecule has 0 amide bonds. The van der Waals surface area contributed by atoms with E-state index >= 15 is 0 Å². The Morgan fingerprint density at radius 2 is 2.00 bits per heavy atom. The van der Waals surface area contributed by atoms with Gasteiger partial charge in [-0.05, 0) is 25.0 Å². The smallest absolute Gasteiger partial charge is 0.0931 e. The first kappa shape index (κ1) is 12.0. The third-order valence-electron chi connectivity index (χ3n) is 2.28. The average Bonchev–Trinajstić information content (AvgIpc) is 2.17. The van der Waals surface area contributed by atoms with Crippen LogP contribution in [0.1, 0.15) is 32.6 Å². The summed E-state index contributed by atoms with van der Waals surface area (Å²) < 4.78 is 0. The molecule has 0 unspecified atom stereocenters. The molecule has 1 rings (SSSR count). The summed E-state index contributed by atoms with van der Waals surface area (Å²) in [7, 11) is 2.05. The molecule has 1 atom stereocenters. The molecule has 84 valence electrons. The second-order valence-corrected chi connectivity index (χ2v) is 4.39. The first-order valence-corrected chi connectivity index (χ1v) is 5.36. The highest BCUT2D eigenvalue weighted by molar-refractivity contribution is 5.43. The van der Waals surface area contributed by atoms with Gasteiger partial charge in [0, 0.05) is 13.6 Å². The summed E-state index contributed by atoms with van der Waals surface area (Å²) in [6.07, 6.45) is 1.32. The van der Waals surface area contributed by atoms with Crippen LogP contribution >= 0.6 is 0 Å². The highest BCUT2D eigenvalue weighted by Crippen LogP contribution is 2.15. The van der Waals surface area contributed by atoms with Gasteiger partial charge in [0.05, 0.1) is 23.7 Å². The summed E-state index contributed by atoms with van der Waals surface area (Å²) in [4.78, 5) is 6.39. The van der Waals surface area contributed by atoms with Crippen LogP contribution in [0.25, 0.3) is 0 Å². The minimum Gasteiger partial charge on any atom is -0.387 e. The van der Waals surface area contributed by atoms with Gasteiger partial charge in [0.1, 0.15) is 0 Å². The van der Waals surface area contributed by atoms with E-state index in [-0.39, 0.29) is 0 Å². The fourth-order valence-corrected chi connectivity index (χ4v) is 1.52. The largest absolute Gasteiger partial charge is 0.387 e. The third-order valence-corrected chi connectivity index (χ3v) is 2.28. The molecule has 3 nitrogen and oxygen atoms in total. The SMILES string of the molecule is CC(C)CN(C)c1ccc([C@H](C)O)nc1. The summed E-state index contributed by atoms with van der Waals surface area (Å²) in [5, 5.41) is 9.32. The number of aliphatic hydroxyl groups excluding tert-OH is 1. The zero-order chi connectivity index (χ0) is 11.4. The molecule has 1 heterocycles. The molecule has 0 fully saturated rings. The maximum Gasteiger partial charge on any atom is 0.0931 e. The second kappa shape index (κ2) is 5.12. The van der Waals surface area contributed by atoms with Gasteiger partial charge >= 0.3 is 0 Å². The van der Waals surface area contributed by atoms with Gasteiger partial charge < -0.3 is 10.0 Å². The van der Waals surface area contributed by atoms with Crippen LogP contribution in [0.3, 0.4) is 0 Å². The Labute approximate surface area is 91.8 Å². The van der Waals surface area contributed by atoms with E-state index in [0.29, 0.717) is 5.92 Å². The van der Waals surface area contributed by atoms with Crippen molar-refractivity contribution in [1.82, 2.24) is 4.98 Å². The maximum atomic E-state index is 9.32. The lowest BCUT2D eigenvalue weighted by Gasteiger charge is -2.21. The monoisotopic (exact) mass is 208 g/mol. The molecule has 0 radical (unpaired) electrons. The van der Waals surface area contributed by atoms with E-state index in [4.69, 9.17) is 0 Å². The Hall–Kier alpha value is -1.09. The zero-order valence-corrected chi connectivity index (χ0v) is 9.94. The lowest BCUT2D eigenvalue weighted by molar-refractivity contribution is 0.194. The molecule has 0 aliphatic carbocycles. The van der Waals surface area contributed by atoms with E-state index in [0.717, 1.165) is 17.9 Å². The fraction of sp³-hybridized carbons (Fsp3) is 0.583. The Bertz CT molecular complexity index is 293. The molecular weight excluding hydrogens is 188 g/mol. The molecule has 1 N–H and O–H groups in total. The fourth-order valence-electron chi connectivity index (χ4n) is 1.52. The maximum absolute atomic E-state index is 9.32. The number of rotatable bonds is 4. The summed E-state index contributed by atoms with van der Waals surface area (Å²) in [6.45, 7) is 7.11. The van der Waals surface area contributed by atoms with E-state index in [1.54, 1.807) is 6.92 Å². The Kier molecular flexibility index (Phi) is 4.09. The van der Waals surface area contributed by atoms with E-state index in [9.17, 15) is 5.11 Å². The summed E-state index contributed by atoms with van der Waals surface area (Å²) in [5.41, 5.74) is 1.81. The minimum atomic E-state index is -0.491. The Morgan fingerprint density at radius 1 is 1.33 bits per heavy atom. The number of hydrogen-bond donors (Lipinski definition) is 1. The van der Waals surface area contributed by atoms with Gasteiger partial charge in [-0.2, -0.15) is 0 Å². The number of aliphatic hydroxyl groups is 1. The van der Waals surface area contributed by atoms with Gasteiger partial charge in [0.25, 0.3) is 0 Å². The molecule has 0 aliphatic rings. The molecule has 0 aromatic carbocycles. The van der Waals surface area contributed by atoms with E-state index < -0.39 is 6.10 Å². The number of nitrogens with zero attached hydrogens (tertiary/aromatic N) is 2. The molecule has 15 heavy (non-hydrogen) atoms. The van der Waals surface area contributed by atoms with Crippen molar-refractivity contribution in [3.05, 3.63) is 24.0 Å². The normalized spacial score (nSPS) is 12.9. The van der Waals surface area contributed by atoms with Crippen molar-refractivity contribution in [1.29, 1.82) is 0 Å². The van der Waals surface area contributed by atoms with Crippen molar-refractivity contribution in [2.24, 2.45) is 5.92 Å². The van der Waals surface area contributed by atoms with Crippen LogP contribution in [0.4, 0.5) is 5.69 Å². The van der Waals surface area contributed by atoms with Crippen LogP contribution in [-0.4, -0.2) is 23.7 Å². The van der Waals surface area contributed by atoms with Gasteiger partial charge in [-0.25, -0.2) is 0 Å². The lowest BCUT2D eigenvalue weighted by Crippen LogP contribution is -2.22. The average molecular weight is 208 g/mol.